The fourth-order valence-corrected chi connectivity index (χ4v) is 4.19. The third kappa shape index (κ3) is 3.32. The monoisotopic (exact) mass is 414 g/mol. The SMILES string of the molecule is C[C@@H](Nc1nnnc2ccc(N3CC4(CNC4)C3)cc12)c1cccc(C(F)(F)F)c1. The minimum absolute atomic E-state index is 0.385. The number of halogens is 3. The summed E-state index contributed by atoms with van der Waals surface area (Å²) in [4.78, 5) is 2.32. The number of aromatic nitrogens is 3. The summed E-state index contributed by atoms with van der Waals surface area (Å²) in [5.41, 5.74) is 2.04. The maximum absolute atomic E-state index is 13.1. The second-order valence-electron chi connectivity index (χ2n) is 8.29. The van der Waals surface area contributed by atoms with Crippen LogP contribution in [-0.4, -0.2) is 41.6 Å². The molecule has 9 heteroatoms. The number of rotatable bonds is 4. The summed E-state index contributed by atoms with van der Waals surface area (Å²) in [5.74, 6) is 0.507. The highest BCUT2D eigenvalue weighted by Crippen LogP contribution is 2.39. The molecule has 1 aromatic heterocycles. The van der Waals surface area contributed by atoms with E-state index < -0.39 is 11.7 Å². The molecule has 5 rings (SSSR count). The van der Waals surface area contributed by atoms with Crippen LogP contribution in [0, 0.1) is 5.41 Å². The van der Waals surface area contributed by atoms with E-state index in [-0.39, 0.29) is 6.04 Å². The fraction of sp³-hybridized carbons (Fsp3) is 0.381. The Balaban J connectivity index is 1.40. The number of hydrogen-bond donors (Lipinski definition) is 2. The Kier molecular flexibility index (Phi) is 4.32. The van der Waals surface area contributed by atoms with E-state index in [9.17, 15) is 13.2 Å². The number of hydrogen-bond acceptors (Lipinski definition) is 6. The van der Waals surface area contributed by atoms with Crippen LogP contribution in [0.25, 0.3) is 10.9 Å². The van der Waals surface area contributed by atoms with Crippen LogP contribution >= 0.6 is 0 Å². The van der Waals surface area contributed by atoms with Crippen LogP contribution in [0.5, 0.6) is 0 Å². The van der Waals surface area contributed by atoms with Crippen molar-refractivity contribution in [2.75, 3.05) is 36.4 Å². The van der Waals surface area contributed by atoms with Crippen molar-refractivity contribution in [2.45, 2.75) is 19.1 Å². The van der Waals surface area contributed by atoms with E-state index >= 15 is 0 Å². The first-order chi connectivity index (χ1) is 14.3. The molecule has 30 heavy (non-hydrogen) atoms. The van der Waals surface area contributed by atoms with Crippen molar-refractivity contribution >= 4 is 22.4 Å². The number of benzene rings is 2. The van der Waals surface area contributed by atoms with E-state index in [4.69, 9.17) is 0 Å². The van der Waals surface area contributed by atoms with Crippen molar-refractivity contribution in [1.29, 1.82) is 0 Å². The molecule has 2 aromatic carbocycles. The maximum atomic E-state index is 13.1. The maximum Gasteiger partial charge on any atom is 0.416 e. The van der Waals surface area contributed by atoms with Gasteiger partial charge in [0.1, 0.15) is 0 Å². The topological polar surface area (TPSA) is 66.0 Å². The van der Waals surface area contributed by atoms with Gasteiger partial charge in [-0.2, -0.15) is 13.2 Å². The lowest BCUT2D eigenvalue weighted by molar-refractivity contribution is -0.137. The van der Waals surface area contributed by atoms with Gasteiger partial charge in [-0.1, -0.05) is 12.1 Å². The summed E-state index contributed by atoms with van der Waals surface area (Å²) in [5, 5.41) is 19.4. The van der Waals surface area contributed by atoms with Gasteiger partial charge in [-0.15, -0.1) is 10.2 Å². The van der Waals surface area contributed by atoms with Crippen molar-refractivity contribution in [3.05, 3.63) is 53.6 Å². The van der Waals surface area contributed by atoms with Gasteiger partial charge < -0.3 is 15.5 Å². The lowest BCUT2D eigenvalue weighted by Crippen LogP contribution is -2.71. The van der Waals surface area contributed by atoms with E-state index in [1.54, 1.807) is 13.0 Å². The van der Waals surface area contributed by atoms with Gasteiger partial charge in [0.15, 0.2) is 5.82 Å². The summed E-state index contributed by atoms with van der Waals surface area (Å²) in [6.07, 6.45) is -4.38. The Hall–Kier alpha value is -2.94. The van der Waals surface area contributed by atoms with Gasteiger partial charge in [0.05, 0.1) is 17.1 Å². The molecule has 0 radical (unpaired) electrons. The lowest BCUT2D eigenvalue weighted by Gasteiger charge is -2.57. The van der Waals surface area contributed by atoms with Crippen molar-refractivity contribution in [2.24, 2.45) is 5.41 Å². The first-order valence-corrected chi connectivity index (χ1v) is 9.86. The van der Waals surface area contributed by atoms with Gasteiger partial charge in [-0.05, 0) is 48.0 Å². The second kappa shape index (κ2) is 6.80. The Morgan fingerprint density at radius 2 is 1.90 bits per heavy atom. The number of anilines is 2. The molecular formula is C21H21F3N6. The first-order valence-electron chi connectivity index (χ1n) is 9.86. The summed E-state index contributed by atoms with van der Waals surface area (Å²) >= 11 is 0. The average molecular weight is 414 g/mol. The number of nitrogens with one attached hydrogen (secondary N) is 2. The molecule has 2 aliphatic heterocycles. The standard InChI is InChI=1S/C21H21F3N6/c1-13(14-3-2-4-15(7-14)21(22,23)24)26-19-17-8-16(5-6-18(17)27-29-28-19)30-11-20(12-30)9-25-10-20/h2-8,13,25H,9-12H2,1H3,(H,26,27,28)/t13-/m1/s1. The quantitative estimate of drug-likeness (QED) is 0.680. The summed E-state index contributed by atoms with van der Waals surface area (Å²) < 4.78 is 39.2. The predicted octanol–water partition coefficient (Wildman–Crippen LogP) is 3.63. The molecule has 1 spiro atoms. The summed E-state index contributed by atoms with van der Waals surface area (Å²) in [6, 6.07) is 10.9. The normalized spacial score (nSPS) is 18.7. The Morgan fingerprint density at radius 3 is 2.60 bits per heavy atom. The smallest absolute Gasteiger partial charge is 0.370 e. The van der Waals surface area contributed by atoms with Gasteiger partial charge in [0.2, 0.25) is 0 Å². The van der Waals surface area contributed by atoms with E-state index in [2.05, 4.69) is 30.9 Å². The Morgan fingerprint density at radius 1 is 1.10 bits per heavy atom. The van der Waals surface area contributed by atoms with Gasteiger partial charge in [0, 0.05) is 42.7 Å². The van der Waals surface area contributed by atoms with Crippen LogP contribution in [0.1, 0.15) is 24.1 Å². The molecule has 3 heterocycles. The number of fused-ring (bicyclic) bond motifs is 1. The van der Waals surface area contributed by atoms with Gasteiger partial charge in [0.25, 0.3) is 0 Å². The zero-order valence-electron chi connectivity index (χ0n) is 16.4. The van der Waals surface area contributed by atoms with E-state index in [0.717, 1.165) is 49.4 Å². The van der Waals surface area contributed by atoms with Crippen LogP contribution in [0.2, 0.25) is 0 Å². The summed E-state index contributed by atoms with van der Waals surface area (Å²) in [7, 11) is 0. The zero-order valence-corrected chi connectivity index (χ0v) is 16.4. The minimum Gasteiger partial charge on any atom is -0.370 e. The summed E-state index contributed by atoms with van der Waals surface area (Å²) in [6.45, 7) is 5.95. The zero-order chi connectivity index (χ0) is 20.9. The highest BCUT2D eigenvalue weighted by atomic mass is 19.4. The molecule has 2 N–H and O–H groups in total. The van der Waals surface area contributed by atoms with Crippen LogP contribution < -0.4 is 15.5 Å². The first kappa shape index (κ1) is 19.0. The lowest BCUT2D eigenvalue weighted by atomic mass is 9.74. The van der Waals surface area contributed by atoms with Crippen molar-refractivity contribution < 1.29 is 13.2 Å². The molecule has 1 atom stereocenters. The van der Waals surface area contributed by atoms with Gasteiger partial charge >= 0.3 is 6.18 Å². The second-order valence-corrected chi connectivity index (χ2v) is 8.29. The van der Waals surface area contributed by atoms with E-state index in [0.29, 0.717) is 22.3 Å². The fourth-order valence-electron chi connectivity index (χ4n) is 4.19. The Bertz CT molecular complexity index is 1090. The van der Waals surface area contributed by atoms with Gasteiger partial charge in [-0.3, -0.25) is 0 Å². The molecule has 2 fully saturated rings. The third-order valence-electron chi connectivity index (χ3n) is 6.02. The molecule has 0 aliphatic carbocycles. The molecule has 6 nitrogen and oxygen atoms in total. The predicted molar refractivity (Wildman–Crippen MR) is 108 cm³/mol. The highest BCUT2D eigenvalue weighted by molar-refractivity contribution is 5.91. The van der Waals surface area contributed by atoms with Crippen LogP contribution in [0.4, 0.5) is 24.7 Å². The molecule has 3 aromatic rings. The molecule has 156 valence electrons. The minimum atomic E-state index is -4.38. The molecule has 0 amide bonds. The third-order valence-corrected chi connectivity index (χ3v) is 6.02. The molecule has 2 aliphatic rings. The van der Waals surface area contributed by atoms with E-state index in [1.807, 2.05) is 18.2 Å². The van der Waals surface area contributed by atoms with E-state index in [1.165, 1.54) is 6.07 Å². The van der Waals surface area contributed by atoms with Crippen LogP contribution in [-0.2, 0) is 6.18 Å². The van der Waals surface area contributed by atoms with Crippen LogP contribution in [0.15, 0.2) is 42.5 Å². The van der Waals surface area contributed by atoms with Crippen molar-refractivity contribution in [1.82, 2.24) is 20.7 Å². The molecule has 2 saturated heterocycles. The average Bonchev–Trinajstić information content (AvgIpc) is 2.65. The van der Waals surface area contributed by atoms with Gasteiger partial charge in [-0.25, -0.2) is 0 Å². The van der Waals surface area contributed by atoms with Crippen LogP contribution in [0.3, 0.4) is 0 Å². The highest BCUT2D eigenvalue weighted by Gasteiger charge is 2.47. The molecular weight excluding hydrogens is 393 g/mol. The van der Waals surface area contributed by atoms with Crippen molar-refractivity contribution in [3.63, 3.8) is 0 Å². The molecule has 0 saturated carbocycles. The number of nitrogens with zero attached hydrogens (tertiary/aromatic N) is 4. The van der Waals surface area contributed by atoms with Crippen molar-refractivity contribution in [3.8, 4) is 0 Å². The molecule has 0 unspecified atom stereocenters. The largest absolute Gasteiger partial charge is 0.416 e. The molecule has 0 bridgehead atoms. The number of alkyl halides is 3. The Labute approximate surface area is 171 Å².